The molecule has 0 fully saturated rings. The van der Waals surface area contributed by atoms with Crippen molar-refractivity contribution in [2.75, 3.05) is 19.0 Å². The number of aliphatic hydroxyl groups is 1. The molecule has 0 radical (unpaired) electrons. The van der Waals surface area contributed by atoms with Gasteiger partial charge in [0, 0.05) is 11.9 Å². The van der Waals surface area contributed by atoms with Crippen LogP contribution >= 0.6 is 11.3 Å². The predicted molar refractivity (Wildman–Crippen MR) is 62.4 cm³/mol. The molecule has 0 saturated carbocycles. The molecule has 2 amide bonds. The molecule has 1 heterocycles. The van der Waals surface area contributed by atoms with Gasteiger partial charge in [0.2, 0.25) is 0 Å². The Balaban J connectivity index is 2.55. The number of urea groups is 1. The highest BCUT2D eigenvalue weighted by Gasteiger charge is 2.14. The van der Waals surface area contributed by atoms with Crippen LogP contribution < -0.4 is 5.32 Å². The standard InChI is InChI=1S/C10H16N2O2S/c1-7(6-13)12(3)10(14)11-9-5-4-8(2)15-9/h4-5,7,13H,6H2,1-3H3,(H,11,14). The molecule has 4 nitrogen and oxygen atoms in total. The van der Waals surface area contributed by atoms with E-state index in [1.165, 1.54) is 16.2 Å². The number of likely N-dealkylation sites (N-methyl/N-ethyl adjacent to an activating group) is 1. The number of aryl methyl sites for hydroxylation is 1. The van der Waals surface area contributed by atoms with Crippen LogP contribution in [0.4, 0.5) is 9.80 Å². The summed E-state index contributed by atoms with van der Waals surface area (Å²) >= 11 is 1.53. The van der Waals surface area contributed by atoms with Gasteiger partial charge in [-0.15, -0.1) is 11.3 Å². The van der Waals surface area contributed by atoms with Crippen LogP contribution in [-0.2, 0) is 0 Å². The number of hydrogen-bond acceptors (Lipinski definition) is 3. The number of nitrogens with zero attached hydrogens (tertiary/aromatic N) is 1. The lowest BCUT2D eigenvalue weighted by molar-refractivity contribution is 0.166. The SMILES string of the molecule is Cc1ccc(NC(=O)N(C)C(C)CO)s1. The first-order chi connectivity index (χ1) is 7.04. The maximum atomic E-state index is 11.6. The summed E-state index contributed by atoms with van der Waals surface area (Å²) in [6.07, 6.45) is 0. The second-order valence-corrected chi connectivity index (χ2v) is 4.77. The van der Waals surface area contributed by atoms with E-state index in [4.69, 9.17) is 5.11 Å². The van der Waals surface area contributed by atoms with E-state index in [1.807, 2.05) is 19.1 Å². The average molecular weight is 228 g/mol. The van der Waals surface area contributed by atoms with Gasteiger partial charge in [-0.25, -0.2) is 4.79 Å². The van der Waals surface area contributed by atoms with Gasteiger partial charge in [-0.05, 0) is 26.0 Å². The van der Waals surface area contributed by atoms with Crippen LogP contribution in [-0.4, -0.2) is 35.7 Å². The molecule has 5 heteroatoms. The highest BCUT2D eigenvalue weighted by atomic mass is 32.1. The third kappa shape index (κ3) is 3.21. The molecule has 0 aliphatic rings. The summed E-state index contributed by atoms with van der Waals surface area (Å²) in [5.74, 6) is 0. The van der Waals surface area contributed by atoms with Crippen molar-refractivity contribution >= 4 is 22.4 Å². The molecule has 0 spiro atoms. The maximum absolute atomic E-state index is 11.6. The zero-order valence-electron chi connectivity index (χ0n) is 9.15. The van der Waals surface area contributed by atoms with Gasteiger partial charge in [-0.1, -0.05) is 0 Å². The number of rotatable bonds is 3. The minimum absolute atomic E-state index is 0.0343. The van der Waals surface area contributed by atoms with E-state index in [9.17, 15) is 4.79 Å². The Labute approximate surface area is 93.5 Å². The minimum atomic E-state index is -0.196. The fourth-order valence-electron chi connectivity index (χ4n) is 1.02. The van der Waals surface area contributed by atoms with Crippen molar-refractivity contribution in [1.82, 2.24) is 4.90 Å². The number of hydrogen-bond donors (Lipinski definition) is 2. The molecule has 0 saturated heterocycles. The summed E-state index contributed by atoms with van der Waals surface area (Å²) in [5.41, 5.74) is 0. The lowest BCUT2D eigenvalue weighted by Gasteiger charge is -2.22. The number of amides is 2. The third-order valence-corrected chi connectivity index (χ3v) is 3.13. The summed E-state index contributed by atoms with van der Waals surface area (Å²) in [7, 11) is 1.66. The quantitative estimate of drug-likeness (QED) is 0.830. The molecule has 84 valence electrons. The molecular formula is C10H16N2O2S. The lowest BCUT2D eigenvalue weighted by atomic mass is 10.3. The number of thiophene rings is 1. The van der Waals surface area contributed by atoms with Crippen molar-refractivity contribution in [3.05, 3.63) is 17.0 Å². The van der Waals surface area contributed by atoms with E-state index < -0.39 is 0 Å². The normalized spacial score (nSPS) is 12.3. The van der Waals surface area contributed by atoms with E-state index in [0.717, 1.165) is 9.88 Å². The van der Waals surface area contributed by atoms with Crippen molar-refractivity contribution in [2.45, 2.75) is 19.9 Å². The van der Waals surface area contributed by atoms with Crippen LogP contribution in [0.5, 0.6) is 0 Å². The van der Waals surface area contributed by atoms with Gasteiger partial charge in [-0.3, -0.25) is 5.32 Å². The Morgan fingerprint density at radius 3 is 2.80 bits per heavy atom. The maximum Gasteiger partial charge on any atom is 0.322 e. The molecule has 1 aromatic heterocycles. The first-order valence-electron chi connectivity index (χ1n) is 4.75. The number of anilines is 1. The predicted octanol–water partition coefficient (Wildman–Crippen LogP) is 1.90. The van der Waals surface area contributed by atoms with Gasteiger partial charge in [0.05, 0.1) is 17.6 Å². The van der Waals surface area contributed by atoms with Gasteiger partial charge in [-0.2, -0.15) is 0 Å². The summed E-state index contributed by atoms with van der Waals surface area (Å²) < 4.78 is 0. The van der Waals surface area contributed by atoms with Gasteiger partial charge in [0.15, 0.2) is 0 Å². The highest BCUT2D eigenvalue weighted by molar-refractivity contribution is 7.16. The number of aliphatic hydroxyl groups excluding tert-OH is 1. The topological polar surface area (TPSA) is 52.6 Å². The Kier molecular flexibility index (Phi) is 4.11. The van der Waals surface area contributed by atoms with E-state index >= 15 is 0 Å². The van der Waals surface area contributed by atoms with Crippen LogP contribution in [0.15, 0.2) is 12.1 Å². The van der Waals surface area contributed by atoms with Crippen molar-refractivity contribution in [3.63, 3.8) is 0 Å². The van der Waals surface area contributed by atoms with E-state index in [-0.39, 0.29) is 18.7 Å². The molecule has 0 aliphatic carbocycles. The molecule has 0 bridgehead atoms. The van der Waals surface area contributed by atoms with Crippen LogP contribution in [0.1, 0.15) is 11.8 Å². The Hall–Kier alpha value is -1.07. The fourth-order valence-corrected chi connectivity index (χ4v) is 1.78. The van der Waals surface area contributed by atoms with Gasteiger partial charge in [0.25, 0.3) is 0 Å². The monoisotopic (exact) mass is 228 g/mol. The molecule has 15 heavy (non-hydrogen) atoms. The smallest absolute Gasteiger partial charge is 0.322 e. The molecule has 1 rings (SSSR count). The van der Waals surface area contributed by atoms with Gasteiger partial charge >= 0.3 is 6.03 Å². The molecule has 1 unspecified atom stereocenters. The Bertz CT molecular complexity index is 338. The zero-order valence-corrected chi connectivity index (χ0v) is 9.97. The van der Waals surface area contributed by atoms with Crippen molar-refractivity contribution in [1.29, 1.82) is 0 Å². The molecular weight excluding hydrogens is 212 g/mol. The van der Waals surface area contributed by atoms with Gasteiger partial charge < -0.3 is 10.0 Å². The zero-order chi connectivity index (χ0) is 11.4. The Morgan fingerprint density at radius 2 is 2.33 bits per heavy atom. The minimum Gasteiger partial charge on any atom is -0.394 e. The van der Waals surface area contributed by atoms with Crippen LogP contribution in [0.25, 0.3) is 0 Å². The largest absolute Gasteiger partial charge is 0.394 e. The Morgan fingerprint density at radius 1 is 1.67 bits per heavy atom. The third-order valence-electron chi connectivity index (χ3n) is 2.22. The van der Waals surface area contributed by atoms with Crippen molar-refractivity contribution in [3.8, 4) is 0 Å². The van der Waals surface area contributed by atoms with E-state index in [0.29, 0.717) is 0 Å². The second kappa shape index (κ2) is 5.14. The molecule has 1 aromatic rings. The first kappa shape index (κ1) is 12.0. The van der Waals surface area contributed by atoms with Crippen LogP contribution in [0.2, 0.25) is 0 Å². The van der Waals surface area contributed by atoms with Crippen LogP contribution in [0.3, 0.4) is 0 Å². The average Bonchev–Trinajstić information content (AvgIpc) is 2.61. The van der Waals surface area contributed by atoms with Gasteiger partial charge in [0.1, 0.15) is 0 Å². The number of nitrogens with one attached hydrogen (secondary N) is 1. The van der Waals surface area contributed by atoms with E-state index in [2.05, 4.69) is 5.32 Å². The molecule has 1 atom stereocenters. The van der Waals surface area contributed by atoms with Crippen molar-refractivity contribution in [2.24, 2.45) is 0 Å². The number of carbonyl (C=O) groups excluding carboxylic acids is 1. The summed E-state index contributed by atoms with van der Waals surface area (Å²) in [5, 5.41) is 12.5. The molecule has 2 N–H and O–H groups in total. The number of carbonyl (C=O) groups is 1. The van der Waals surface area contributed by atoms with Crippen molar-refractivity contribution < 1.29 is 9.90 Å². The molecule has 0 aliphatic heterocycles. The summed E-state index contributed by atoms with van der Waals surface area (Å²) in [4.78, 5) is 14.3. The first-order valence-corrected chi connectivity index (χ1v) is 5.57. The highest BCUT2D eigenvalue weighted by Crippen LogP contribution is 2.20. The second-order valence-electron chi connectivity index (χ2n) is 3.48. The van der Waals surface area contributed by atoms with E-state index in [1.54, 1.807) is 14.0 Å². The summed E-state index contributed by atoms with van der Waals surface area (Å²) in [6, 6.07) is 3.45. The lowest BCUT2D eigenvalue weighted by Crippen LogP contribution is -2.39. The summed E-state index contributed by atoms with van der Waals surface area (Å²) in [6.45, 7) is 3.74. The fraction of sp³-hybridized carbons (Fsp3) is 0.500. The van der Waals surface area contributed by atoms with Crippen LogP contribution in [0, 0.1) is 6.92 Å². The molecule has 0 aromatic carbocycles.